The molecule has 0 radical (unpaired) electrons. The molecule has 0 aliphatic carbocycles. The Balaban J connectivity index is 2.42. The summed E-state index contributed by atoms with van der Waals surface area (Å²) in [5.74, 6) is 1.10. The first kappa shape index (κ1) is 14.9. The van der Waals surface area contributed by atoms with E-state index in [-0.39, 0.29) is 0 Å². The molecule has 0 aliphatic rings. The van der Waals surface area contributed by atoms with Gasteiger partial charge < -0.3 is 15.8 Å². The highest BCUT2D eigenvalue weighted by Gasteiger charge is 2.12. The molecular weight excluding hydrogens is 297 g/mol. The van der Waals surface area contributed by atoms with Crippen LogP contribution in [0, 0.1) is 0 Å². The molecule has 106 valence electrons. The number of pyridine rings is 1. The molecule has 6 heteroatoms. The zero-order valence-electron chi connectivity index (χ0n) is 11.0. The highest BCUT2D eigenvalue weighted by atomic mass is 35.5. The van der Waals surface area contributed by atoms with Crippen LogP contribution in [0.4, 0.5) is 11.6 Å². The Morgan fingerprint density at radius 3 is 2.75 bits per heavy atom. The highest BCUT2D eigenvalue weighted by molar-refractivity contribution is 6.43. The molecule has 0 fully saturated rings. The second-order valence-corrected chi connectivity index (χ2v) is 4.94. The normalized spacial score (nSPS) is 10.6. The number of ether oxygens (including phenoxy) is 1. The summed E-state index contributed by atoms with van der Waals surface area (Å²) in [6.45, 7) is 1.19. The van der Waals surface area contributed by atoms with E-state index in [2.05, 4.69) is 10.3 Å². The van der Waals surface area contributed by atoms with Gasteiger partial charge in [0.05, 0.1) is 16.7 Å². The lowest BCUT2D eigenvalue weighted by Crippen LogP contribution is -2.10. The van der Waals surface area contributed by atoms with E-state index in [1.807, 2.05) is 18.2 Å². The molecule has 0 unspecified atom stereocenters. The Morgan fingerprint density at radius 2 is 2.00 bits per heavy atom. The number of nitrogens with one attached hydrogen (secondary N) is 1. The van der Waals surface area contributed by atoms with Crippen molar-refractivity contribution >= 4 is 34.8 Å². The maximum absolute atomic E-state index is 6.26. The maximum Gasteiger partial charge on any atom is 0.136 e. The van der Waals surface area contributed by atoms with Gasteiger partial charge >= 0.3 is 0 Å². The summed E-state index contributed by atoms with van der Waals surface area (Å²) in [4.78, 5) is 4.30. The topological polar surface area (TPSA) is 60.2 Å². The Bertz CT molecular complexity index is 605. The second kappa shape index (κ2) is 6.79. The van der Waals surface area contributed by atoms with Gasteiger partial charge in [-0.05, 0) is 18.2 Å². The third kappa shape index (κ3) is 3.33. The smallest absolute Gasteiger partial charge is 0.136 e. The first-order chi connectivity index (χ1) is 9.63. The lowest BCUT2D eigenvalue weighted by Gasteiger charge is -2.13. The van der Waals surface area contributed by atoms with Gasteiger partial charge in [0.2, 0.25) is 0 Å². The minimum atomic E-state index is 0.437. The Labute approximate surface area is 127 Å². The van der Waals surface area contributed by atoms with Crippen LogP contribution in [0.15, 0.2) is 30.3 Å². The van der Waals surface area contributed by atoms with Crippen molar-refractivity contribution < 1.29 is 4.74 Å². The standard InChI is InChI=1S/C14H15Cl2N3O/c1-20-8-7-18-14-10(5-6-12(17)19-14)9-3-2-4-11(15)13(9)16/h2-6H,7-8H2,1H3,(H3,17,18,19). The summed E-state index contributed by atoms with van der Waals surface area (Å²) in [6, 6.07) is 9.08. The molecule has 0 spiro atoms. The van der Waals surface area contributed by atoms with Crippen LogP contribution in [-0.4, -0.2) is 25.2 Å². The fraction of sp³-hybridized carbons (Fsp3) is 0.214. The number of hydrogen-bond acceptors (Lipinski definition) is 4. The molecule has 2 rings (SSSR count). The van der Waals surface area contributed by atoms with Crippen molar-refractivity contribution in [1.29, 1.82) is 0 Å². The minimum absolute atomic E-state index is 0.437. The third-order valence-corrected chi connectivity index (χ3v) is 3.58. The average Bonchev–Trinajstić information content (AvgIpc) is 2.43. The number of benzene rings is 1. The number of hydrogen-bond donors (Lipinski definition) is 2. The van der Waals surface area contributed by atoms with Crippen LogP contribution in [0.2, 0.25) is 10.0 Å². The lowest BCUT2D eigenvalue weighted by molar-refractivity contribution is 0.210. The van der Waals surface area contributed by atoms with E-state index in [0.717, 1.165) is 11.1 Å². The van der Waals surface area contributed by atoms with Crippen LogP contribution in [0.3, 0.4) is 0 Å². The molecule has 0 atom stereocenters. The van der Waals surface area contributed by atoms with Gasteiger partial charge in [0.15, 0.2) is 0 Å². The number of methoxy groups -OCH3 is 1. The molecule has 0 bridgehead atoms. The summed E-state index contributed by atoms with van der Waals surface area (Å²) in [5.41, 5.74) is 7.40. The Morgan fingerprint density at radius 1 is 1.20 bits per heavy atom. The molecule has 3 N–H and O–H groups in total. The van der Waals surface area contributed by atoms with Gasteiger partial charge in [-0.3, -0.25) is 0 Å². The number of rotatable bonds is 5. The molecule has 1 aromatic heterocycles. The van der Waals surface area contributed by atoms with Crippen molar-refractivity contribution in [1.82, 2.24) is 4.98 Å². The number of nitrogens with two attached hydrogens (primary N) is 1. The first-order valence-corrected chi connectivity index (χ1v) is 6.82. The number of aromatic nitrogens is 1. The fourth-order valence-corrected chi connectivity index (χ4v) is 2.21. The van der Waals surface area contributed by atoms with Crippen molar-refractivity contribution in [3.63, 3.8) is 0 Å². The largest absolute Gasteiger partial charge is 0.384 e. The fourth-order valence-electron chi connectivity index (χ4n) is 1.81. The number of nitrogen functional groups attached to an aromatic ring is 1. The van der Waals surface area contributed by atoms with E-state index >= 15 is 0 Å². The predicted octanol–water partition coefficient (Wildman–Crippen LogP) is 3.70. The monoisotopic (exact) mass is 311 g/mol. The van der Waals surface area contributed by atoms with E-state index in [0.29, 0.717) is 34.8 Å². The quantitative estimate of drug-likeness (QED) is 0.827. The molecule has 0 amide bonds. The van der Waals surface area contributed by atoms with E-state index in [9.17, 15) is 0 Å². The molecule has 2 aromatic rings. The zero-order valence-corrected chi connectivity index (χ0v) is 12.5. The summed E-state index contributed by atoms with van der Waals surface area (Å²) in [7, 11) is 1.64. The van der Waals surface area contributed by atoms with Gasteiger partial charge in [0.25, 0.3) is 0 Å². The summed E-state index contributed by atoms with van der Waals surface area (Å²) < 4.78 is 5.01. The molecule has 4 nitrogen and oxygen atoms in total. The molecule has 0 saturated carbocycles. The number of halogens is 2. The van der Waals surface area contributed by atoms with E-state index in [1.165, 1.54) is 0 Å². The van der Waals surface area contributed by atoms with E-state index < -0.39 is 0 Å². The van der Waals surface area contributed by atoms with Crippen molar-refractivity contribution in [3.05, 3.63) is 40.4 Å². The summed E-state index contributed by atoms with van der Waals surface area (Å²) in [5, 5.41) is 4.18. The average molecular weight is 312 g/mol. The van der Waals surface area contributed by atoms with E-state index in [1.54, 1.807) is 19.2 Å². The number of anilines is 2. The summed E-state index contributed by atoms with van der Waals surface area (Å²) in [6.07, 6.45) is 0. The molecule has 1 heterocycles. The van der Waals surface area contributed by atoms with Crippen molar-refractivity contribution in [2.24, 2.45) is 0 Å². The van der Waals surface area contributed by atoms with Gasteiger partial charge in [-0.15, -0.1) is 0 Å². The van der Waals surface area contributed by atoms with Crippen molar-refractivity contribution in [2.75, 3.05) is 31.3 Å². The summed E-state index contributed by atoms with van der Waals surface area (Å²) >= 11 is 12.3. The lowest BCUT2D eigenvalue weighted by atomic mass is 10.1. The maximum atomic E-state index is 6.26. The van der Waals surface area contributed by atoms with Gasteiger partial charge in [0.1, 0.15) is 11.6 Å². The van der Waals surface area contributed by atoms with E-state index in [4.69, 9.17) is 33.7 Å². The molecule has 0 aliphatic heterocycles. The highest BCUT2D eigenvalue weighted by Crippen LogP contribution is 2.36. The van der Waals surface area contributed by atoms with Gasteiger partial charge in [-0.1, -0.05) is 35.3 Å². The van der Waals surface area contributed by atoms with Gasteiger partial charge in [0, 0.05) is 24.8 Å². The Kier molecular flexibility index (Phi) is 5.06. The van der Waals surface area contributed by atoms with Crippen molar-refractivity contribution in [3.8, 4) is 11.1 Å². The van der Waals surface area contributed by atoms with Crippen molar-refractivity contribution in [2.45, 2.75) is 0 Å². The first-order valence-electron chi connectivity index (χ1n) is 6.07. The zero-order chi connectivity index (χ0) is 14.5. The SMILES string of the molecule is COCCNc1nc(N)ccc1-c1cccc(Cl)c1Cl. The Hall–Kier alpha value is -1.49. The third-order valence-electron chi connectivity index (χ3n) is 2.76. The van der Waals surface area contributed by atoms with Crippen LogP contribution in [0.5, 0.6) is 0 Å². The van der Waals surface area contributed by atoms with Crippen LogP contribution < -0.4 is 11.1 Å². The van der Waals surface area contributed by atoms with Crippen LogP contribution in [-0.2, 0) is 4.74 Å². The number of nitrogens with zero attached hydrogens (tertiary/aromatic N) is 1. The molecular formula is C14H15Cl2N3O. The van der Waals surface area contributed by atoms with Crippen LogP contribution in [0.25, 0.3) is 11.1 Å². The molecule has 1 aromatic carbocycles. The second-order valence-electron chi connectivity index (χ2n) is 4.15. The van der Waals surface area contributed by atoms with Gasteiger partial charge in [-0.25, -0.2) is 4.98 Å². The van der Waals surface area contributed by atoms with Gasteiger partial charge in [-0.2, -0.15) is 0 Å². The molecule has 20 heavy (non-hydrogen) atoms. The minimum Gasteiger partial charge on any atom is -0.384 e. The predicted molar refractivity (Wildman–Crippen MR) is 84.5 cm³/mol. The molecule has 0 saturated heterocycles. The van der Waals surface area contributed by atoms with Crippen LogP contribution >= 0.6 is 23.2 Å². The van der Waals surface area contributed by atoms with Crippen LogP contribution in [0.1, 0.15) is 0 Å².